The molecule has 1 aromatic rings. The zero-order valence-corrected chi connectivity index (χ0v) is 12.6. The molecule has 0 amide bonds. The summed E-state index contributed by atoms with van der Waals surface area (Å²) in [5.74, 6) is 1.66. The fourth-order valence-electron chi connectivity index (χ4n) is 2.20. The highest BCUT2D eigenvalue weighted by Crippen LogP contribution is 2.31. The molecule has 4 heteroatoms. The lowest BCUT2D eigenvalue weighted by Crippen LogP contribution is -2.35. The average molecular weight is 279 g/mol. The lowest BCUT2D eigenvalue weighted by atomic mass is 10.0. The molecule has 1 aliphatic heterocycles. The minimum Gasteiger partial charge on any atom is -0.491 e. The second-order valence-corrected chi connectivity index (χ2v) is 5.76. The normalized spacial score (nSPS) is 19.4. The third-order valence-electron chi connectivity index (χ3n) is 3.39. The molecule has 1 aliphatic rings. The van der Waals surface area contributed by atoms with E-state index >= 15 is 0 Å². The van der Waals surface area contributed by atoms with Crippen LogP contribution in [-0.2, 0) is 6.42 Å². The van der Waals surface area contributed by atoms with Gasteiger partial charge in [0, 0.05) is 18.7 Å². The first-order valence-electron chi connectivity index (χ1n) is 7.38. The van der Waals surface area contributed by atoms with Crippen LogP contribution in [0.3, 0.4) is 0 Å². The monoisotopic (exact) mass is 279 g/mol. The number of nitrogens with one attached hydrogen (secondary N) is 1. The molecule has 0 saturated carbocycles. The first-order valence-corrected chi connectivity index (χ1v) is 7.38. The van der Waals surface area contributed by atoms with Gasteiger partial charge in [-0.3, -0.25) is 0 Å². The molecule has 0 bridgehead atoms. The average Bonchev–Trinajstić information content (AvgIpc) is 2.42. The second-order valence-electron chi connectivity index (χ2n) is 5.76. The molecule has 0 spiro atoms. The van der Waals surface area contributed by atoms with Gasteiger partial charge in [-0.25, -0.2) is 0 Å². The zero-order valence-electron chi connectivity index (χ0n) is 12.6. The van der Waals surface area contributed by atoms with Gasteiger partial charge < -0.3 is 19.9 Å². The topological polar surface area (TPSA) is 50.7 Å². The third-order valence-corrected chi connectivity index (χ3v) is 3.39. The Bertz CT molecular complexity index is 434. The Morgan fingerprint density at radius 3 is 3.00 bits per heavy atom. The maximum atomic E-state index is 9.82. The van der Waals surface area contributed by atoms with Gasteiger partial charge in [-0.05, 0) is 31.4 Å². The summed E-state index contributed by atoms with van der Waals surface area (Å²) in [5.41, 5.74) is 1.23. The van der Waals surface area contributed by atoms with Crippen LogP contribution in [0.15, 0.2) is 18.2 Å². The maximum absolute atomic E-state index is 9.82. The van der Waals surface area contributed by atoms with Crippen LogP contribution in [0.5, 0.6) is 11.5 Å². The van der Waals surface area contributed by atoms with Crippen LogP contribution in [0.1, 0.15) is 32.8 Å². The van der Waals surface area contributed by atoms with Crippen LogP contribution in [-0.4, -0.2) is 36.5 Å². The van der Waals surface area contributed by atoms with Crippen molar-refractivity contribution in [3.05, 3.63) is 23.8 Å². The summed E-state index contributed by atoms with van der Waals surface area (Å²) in [6.45, 7) is 7.01. The van der Waals surface area contributed by atoms with Crippen molar-refractivity contribution in [1.82, 2.24) is 5.32 Å². The van der Waals surface area contributed by atoms with E-state index in [9.17, 15) is 5.11 Å². The number of hydrogen-bond donors (Lipinski definition) is 2. The molecule has 1 aromatic carbocycles. The third kappa shape index (κ3) is 4.39. The van der Waals surface area contributed by atoms with Crippen LogP contribution >= 0.6 is 0 Å². The van der Waals surface area contributed by atoms with E-state index in [1.807, 2.05) is 12.1 Å². The molecule has 2 rings (SSSR count). The van der Waals surface area contributed by atoms with Gasteiger partial charge in [0.15, 0.2) is 0 Å². The summed E-state index contributed by atoms with van der Waals surface area (Å²) in [6, 6.07) is 6.28. The Hall–Kier alpha value is -1.26. The number of ether oxygens (including phenoxy) is 2. The van der Waals surface area contributed by atoms with Gasteiger partial charge in [-0.15, -0.1) is 0 Å². The molecule has 0 radical (unpaired) electrons. The summed E-state index contributed by atoms with van der Waals surface area (Å²) in [4.78, 5) is 0. The SMILES string of the molecule is CC(C)NCC(O)COc1ccc2c(c1)OC(C)CC2. The molecular formula is C16H25NO3. The van der Waals surface area contributed by atoms with Crippen molar-refractivity contribution in [2.24, 2.45) is 0 Å². The predicted octanol–water partition coefficient (Wildman–Crippen LogP) is 2.14. The Labute approximate surface area is 121 Å². The van der Waals surface area contributed by atoms with Crippen LogP contribution in [0.4, 0.5) is 0 Å². The van der Waals surface area contributed by atoms with Crippen molar-refractivity contribution >= 4 is 0 Å². The molecule has 1 heterocycles. The van der Waals surface area contributed by atoms with E-state index in [2.05, 4.69) is 32.2 Å². The molecule has 20 heavy (non-hydrogen) atoms. The highest BCUT2D eigenvalue weighted by molar-refractivity contribution is 5.42. The fraction of sp³-hybridized carbons (Fsp3) is 0.625. The van der Waals surface area contributed by atoms with Crippen molar-refractivity contribution in [3.8, 4) is 11.5 Å². The summed E-state index contributed by atoms with van der Waals surface area (Å²) in [6.07, 6.45) is 1.87. The molecule has 112 valence electrons. The van der Waals surface area contributed by atoms with Gasteiger partial charge >= 0.3 is 0 Å². The molecular weight excluding hydrogens is 254 g/mol. The number of hydrogen-bond acceptors (Lipinski definition) is 4. The Balaban J connectivity index is 1.86. The molecule has 2 atom stereocenters. The Morgan fingerprint density at radius 2 is 2.25 bits per heavy atom. The van der Waals surface area contributed by atoms with E-state index in [0.29, 0.717) is 12.6 Å². The smallest absolute Gasteiger partial charge is 0.126 e. The number of aliphatic hydroxyl groups is 1. The van der Waals surface area contributed by atoms with Crippen molar-refractivity contribution in [2.45, 2.75) is 51.9 Å². The molecule has 0 fully saturated rings. The molecule has 4 nitrogen and oxygen atoms in total. The van der Waals surface area contributed by atoms with Gasteiger partial charge in [0.05, 0.1) is 6.10 Å². The molecule has 0 aliphatic carbocycles. The van der Waals surface area contributed by atoms with Crippen LogP contribution in [0.25, 0.3) is 0 Å². The highest BCUT2D eigenvalue weighted by Gasteiger charge is 2.16. The lowest BCUT2D eigenvalue weighted by Gasteiger charge is -2.24. The van der Waals surface area contributed by atoms with E-state index in [-0.39, 0.29) is 12.7 Å². The number of fused-ring (bicyclic) bond motifs is 1. The van der Waals surface area contributed by atoms with Crippen LogP contribution in [0, 0.1) is 0 Å². The number of benzene rings is 1. The first-order chi connectivity index (χ1) is 9.54. The van der Waals surface area contributed by atoms with E-state index in [4.69, 9.17) is 9.47 Å². The summed E-state index contributed by atoms with van der Waals surface area (Å²) in [7, 11) is 0. The highest BCUT2D eigenvalue weighted by atomic mass is 16.5. The van der Waals surface area contributed by atoms with E-state index < -0.39 is 6.10 Å². The lowest BCUT2D eigenvalue weighted by molar-refractivity contribution is 0.104. The van der Waals surface area contributed by atoms with E-state index in [0.717, 1.165) is 24.3 Å². The van der Waals surface area contributed by atoms with Gasteiger partial charge in [0.1, 0.15) is 24.2 Å². The first kappa shape index (κ1) is 15.1. The summed E-state index contributed by atoms with van der Waals surface area (Å²) >= 11 is 0. The van der Waals surface area contributed by atoms with Crippen molar-refractivity contribution < 1.29 is 14.6 Å². The van der Waals surface area contributed by atoms with Gasteiger partial charge in [0.25, 0.3) is 0 Å². The Morgan fingerprint density at radius 1 is 1.45 bits per heavy atom. The summed E-state index contributed by atoms with van der Waals surface area (Å²) in [5, 5.41) is 13.0. The number of rotatable bonds is 6. The quantitative estimate of drug-likeness (QED) is 0.837. The van der Waals surface area contributed by atoms with Gasteiger partial charge in [-0.2, -0.15) is 0 Å². The van der Waals surface area contributed by atoms with Crippen LogP contribution in [0.2, 0.25) is 0 Å². The number of aryl methyl sites for hydroxylation is 1. The molecule has 0 aromatic heterocycles. The second kappa shape index (κ2) is 6.95. The van der Waals surface area contributed by atoms with Gasteiger partial charge in [0.2, 0.25) is 0 Å². The predicted molar refractivity (Wildman–Crippen MR) is 79.5 cm³/mol. The zero-order chi connectivity index (χ0) is 14.5. The van der Waals surface area contributed by atoms with Gasteiger partial charge in [-0.1, -0.05) is 19.9 Å². The maximum Gasteiger partial charge on any atom is 0.126 e. The van der Waals surface area contributed by atoms with Crippen molar-refractivity contribution in [1.29, 1.82) is 0 Å². The van der Waals surface area contributed by atoms with E-state index in [1.165, 1.54) is 5.56 Å². The minimum absolute atomic E-state index is 0.263. The van der Waals surface area contributed by atoms with E-state index in [1.54, 1.807) is 0 Å². The summed E-state index contributed by atoms with van der Waals surface area (Å²) < 4.78 is 11.4. The Kier molecular flexibility index (Phi) is 5.26. The fourth-order valence-corrected chi connectivity index (χ4v) is 2.20. The molecule has 2 N–H and O–H groups in total. The minimum atomic E-state index is -0.506. The molecule has 0 saturated heterocycles. The standard InChI is InChI=1S/C16H25NO3/c1-11(2)17-9-14(18)10-19-15-7-6-13-5-4-12(3)20-16(13)8-15/h6-8,11-12,14,17-18H,4-5,9-10H2,1-3H3. The largest absolute Gasteiger partial charge is 0.491 e. The molecule has 2 unspecified atom stereocenters. The van der Waals surface area contributed by atoms with Crippen molar-refractivity contribution in [3.63, 3.8) is 0 Å². The number of aliphatic hydroxyl groups excluding tert-OH is 1. The van der Waals surface area contributed by atoms with Crippen molar-refractivity contribution in [2.75, 3.05) is 13.2 Å². The van der Waals surface area contributed by atoms with Crippen LogP contribution < -0.4 is 14.8 Å².